The van der Waals surface area contributed by atoms with Crippen LogP contribution in [0.5, 0.6) is 0 Å². The zero-order valence-corrected chi connectivity index (χ0v) is 11.7. The van der Waals surface area contributed by atoms with E-state index in [9.17, 15) is 0 Å². The molecule has 1 rings (SSSR count). The smallest absolute Gasteiger partial charge is 0.000506 e. The summed E-state index contributed by atoms with van der Waals surface area (Å²) in [5.41, 5.74) is 1.42. The Balaban J connectivity index is 0. The van der Waals surface area contributed by atoms with Crippen LogP contribution in [0.2, 0.25) is 0 Å². The van der Waals surface area contributed by atoms with E-state index in [4.69, 9.17) is 0 Å². The molecule has 0 saturated carbocycles. The summed E-state index contributed by atoms with van der Waals surface area (Å²) >= 11 is 0. The molecule has 0 aliphatic carbocycles. The minimum atomic E-state index is 0.852. The van der Waals surface area contributed by atoms with Crippen LogP contribution in [0.3, 0.4) is 0 Å². The molecule has 1 saturated heterocycles. The van der Waals surface area contributed by atoms with Crippen molar-refractivity contribution in [3.8, 4) is 0 Å². The summed E-state index contributed by atoms with van der Waals surface area (Å²) < 4.78 is 0. The van der Waals surface area contributed by atoms with Gasteiger partial charge in [0.1, 0.15) is 0 Å². The Labute approximate surface area is 102 Å². The van der Waals surface area contributed by atoms with Crippen molar-refractivity contribution in [3.63, 3.8) is 0 Å². The summed E-state index contributed by atoms with van der Waals surface area (Å²) in [5.74, 6) is 0.852. The highest BCUT2D eigenvalue weighted by molar-refractivity contribution is 5.21. The lowest BCUT2D eigenvalue weighted by molar-refractivity contribution is 0.347. The fourth-order valence-corrected chi connectivity index (χ4v) is 1.30. The van der Waals surface area contributed by atoms with Crippen LogP contribution in [0.1, 0.15) is 41.0 Å². The van der Waals surface area contributed by atoms with E-state index in [-0.39, 0.29) is 0 Å². The van der Waals surface area contributed by atoms with Gasteiger partial charge in [-0.2, -0.15) is 0 Å². The number of rotatable bonds is 4. The summed E-state index contributed by atoms with van der Waals surface area (Å²) in [4.78, 5) is 0. The van der Waals surface area contributed by atoms with Crippen LogP contribution in [0.4, 0.5) is 0 Å². The Bertz CT molecular complexity index is 197. The summed E-state index contributed by atoms with van der Waals surface area (Å²) in [5, 5.41) is 3.28. The topological polar surface area (TPSA) is 12.0 Å². The van der Waals surface area contributed by atoms with E-state index in [1.165, 1.54) is 25.1 Å². The molecule has 0 amide bonds. The van der Waals surface area contributed by atoms with E-state index in [0.29, 0.717) is 0 Å². The van der Waals surface area contributed by atoms with Gasteiger partial charge in [0.25, 0.3) is 0 Å². The second kappa shape index (κ2) is 14.2. The van der Waals surface area contributed by atoms with Gasteiger partial charge in [0.15, 0.2) is 0 Å². The lowest BCUT2D eigenvalue weighted by atomic mass is 9.94. The monoisotopic (exact) mass is 223 g/mol. The van der Waals surface area contributed by atoms with Gasteiger partial charge in [-0.15, -0.1) is 0 Å². The Hall–Kier alpha value is -0.820. The molecule has 0 unspecified atom stereocenters. The van der Waals surface area contributed by atoms with Crippen LogP contribution in [0.15, 0.2) is 36.5 Å². The number of hydrogen-bond donors (Lipinski definition) is 1. The Morgan fingerprint density at radius 2 is 1.81 bits per heavy atom. The third kappa shape index (κ3) is 8.49. The zero-order valence-electron chi connectivity index (χ0n) is 11.7. The van der Waals surface area contributed by atoms with Gasteiger partial charge in [-0.3, -0.25) is 0 Å². The van der Waals surface area contributed by atoms with Crippen LogP contribution in [-0.4, -0.2) is 13.1 Å². The fraction of sp³-hybridized carbons (Fsp3) is 0.600. The number of allylic oxidation sites excluding steroid dienone is 5. The van der Waals surface area contributed by atoms with Crippen molar-refractivity contribution in [3.05, 3.63) is 36.5 Å². The normalized spacial score (nSPS) is 15.4. The molecule has 0 aromatic heterocycles. The average Bonchev–Trinajstić information content (AvgIpc) is 2.32. The highest BCUT2D eigenvalue weighted by Gasteiger charge is 2.16. The second-order valence-electron chi connectivity index (χ2n) is 3.19. The molecule has 1 nitrogen and oxygen atoms in total. The van der Waals surface area contributed by atoms with Gasteiger partial charge in [-0.25, -0.2) is 0 Å². The highest BCUT2D eigenvalue weighted by atomic mass is 14.9. The van der Waals surface area contributed by atoms with E-state index in [2.05, 4.69) is 31.0 Å². The summed E-state index contributed by atoms with van der Waals surface area (Å²) in [7, 11) is 0. The minimum Gasteiger partial charge on any atom is -0.316 e. The standard InChI is InChI=1S/C11H17N.2C2H6/c1-3-5-6-10(4-2)7-11-8-12-9-11;2*1-2/h3-6,11-12H,1,7-9H2,2H3;2*1-2H3/b6-5-,10-4+;;. The van der Waals surface area contributed by atoms with E-state index < -0.39 is 0 Å². The van der Waals surface area contributed by atoms with Crippen molar-refractivity contribution < 1.29 is 0 Å². The van der Waals surface area contributed by atoms with Crippen molar-refractivity contribution in [2.75, 3.05) is 13.1 Å². The van der Waals surface area contributed by atoms with Crippen LogP contribution in [0, 0.1) is 5.92 Å². The molecule has 0 radical (unpaired) electrons. The molecule has 16 heavy (non-hydrogen) atoms. The van der Waals surface area contributed by atoms with E-state index in [0.717, 1.165) is 5.92 Å². The van der Waals surface area contributed by atoms with Crippen LogP contribution >= 0.6 is 0 Å². The van der Waals surface area contributed by atoms with Gasteiger partial charge in [0.05, 0.1) is 0 Å². The maximum atomic E-state index is 3.65. The molecule has 94 valence electrons. The summed E-state index contributed by atoms with van der Waals surface area (Å²) in [6, 6.07) is 0. The SMILES string of the molecule is C=C/C=C\C(=C/C)CC1CNC1.CC.CC. The molecule has 1 heterocycles. The third-order valence-corrected chi connectivity index (χ3v) is 2.21. The molecule has 1 aliphatic rings. The zero-order chi connectivity index (χ0) is 12.8. The highest BCUT2D eigenvalue weighted by Crippen LogP contribution is 2.16. The molecule has 0 bridgehead atoms. The lowest BCUT2D eigenvalue weighted by Crippen LogP contribution is -2.41. The largest absolute Gasteiger partial charge is 0.316 e. The maximum absolute atomic E-state index is 3.65. The second-order valence-corrected chi connectivity index (χ2v) is 3.19. The van der Waals surface area contributed by atoms with Gasteiger partial charge in [0, 0.05) is 0 Å². The van der Waals surface area contributed by atoms with E-state index in [1.807, 2.05) is 39.8 Å². The molecular formula is C15H29N. The Morgan fingerprint density at radius 1 is 1.25 bits per heavy atom. The average molecular weight is 223 g/mol. The van der Waals surface area contributed by atoms with Gasteiger partial charge in [-0.05, 0) is 32.4 Å². The number of hydrogen-bond acceptors (Lipinski definition) is 1. The van der Waals surface area contributed by atoms with Crippen LogP contribution < -0.4 is 5.32 Å². The van der Waals surface area contributed by atoms with E-state index in [1.54, 1.807) is 0 Å². The quantitative estimate of drug-likeness (QED) is 0.699. The minimum absolute atomic E-state index is 0.852. The lowest BCUT2D eigenvalue weighted by Gasteiger charge is -2.27. The molecule has 1 N–H and O–H groups in total. The first-order chi connectivity index (χ1) is 7.86. The molecule has 1 fully saturated rings. The molecular weight excluding hydrogens is 194 g/mol. The van der Waals surface area contributed by atoms with Crippen molar-refractivity contribution in [2.24, 2.45) is 5.92 Å². The van der Waals surface area contributed by atoms with Crippen molar-refractivity contribution >= 4 is 0 Å². The predicted octanol–water partition coefficient (Wildman–Crippen LogP) is 4.34. The van der Waals surface area contributed by atoms with Crippen molar-refractivity contribution in [1.29, 1.82) is 0 Å². The van der Waals surface area contributed by atoms with Gasteiger partial charge >= 0.3 is 0 Å². The molecule has 0 aromatic carbocycles. The van der Waals surface area contributed by atoms with Crippen LogP contribution in [0.25, 0.3) is 0 Å². The Kier molecular flexibility index (Phi) is 15.6. The van der Waals surface area contributed by atoms with E-state index >= 15 is 0 Å². The molecule has 0 spiro atoms. The maximum Gasteiger partial charge on any atom is -0.000506 e. The van der Waals surface area contributed by atoms with Crippen molar-refractivity contribution in [2.45, 2.75) is 41.0 Å². The van der Waals surface area contributed by atoms with Crippen molar-refractivity contribution in [1.82, 2.24) is 5.32 Å². The van der Waals surface area contributed by atoms with Gasteiger partial charge in [0.2, 0.25) is 0 Å². The van der Waals surface area contributed by atoms with Gasteiger partial charge < -0.3 is 5.32 Å². The molecule has 0 aromatic rings. The summed E-state index contributed by atoms with van der Waals surface area (Å²) in [6.45, 7) is 16.1. The number of nitrogens with one attached hydrogen (secondary N) is 1. The van der Waals surface area contributed by atoms with Crippen LogP contribution in [-0.2, 0) is 0 Å². The molecule has 0 atom stereocenters. The molecule has 1 aliphatic heterocycles. The first kappa shape index (κ1) is 17.6. The predicted molar refractivity (Wildman–Crippen MR) is 76.8 cm³/mol. The Morgan fingerprint density at radius 3 is 2.12 bits per heavy atom. The first-order valence-electron chi connectivity index (χ1n) is 6.52. The molecule has 1 heteroatoms. The first-order valence-corrected chi connectivity index (χ1v) is 6.52. The summed E-state index contributed by atoms with van der Waals surface area (Å²) in [6.07, 6.45) is 9.35. The van der Waals surface area contributed by atoms with Gasteiger partial charge in [-0.1, -0.05) is 64.2 Å². The fourth-order valence-electron chi connectivity index (χ4n) is 1.30. The third-order valence-electron chi connectivity index (χ3n) is 2.21.